The third-order valence-corrected chi connectivity index (χ3v) is 2.04. The number of H-pyrrole nitrogens is 1. The van der Waals surface area contributed by atoms with Gasteiger partial charge in [-0.1, -0.05) is 0 Å². The van der Waals surface area contributed by atoms with Gasteiger partial charge in [0.25, 0.3) is 11.7 Å². The molecule has 0 bridgehead atoms. The van der Waals surface area contributed by atoms with Gasteiger partial charge in [0.15, 0.2) is 11.6 Å². The summed E-state index contributed by atoms with van der Waals surface area (Å²) in [6.45, 7) is 2.12. The Labute approximate surface area is 101 Å². The smallest absolute Gasteiger partial charge is 0.297 e. The lowest BCUT2D eigenvalue weighted by Gasteiger charge is -2.07. The normalized spacial score (nSPS) is 10.1. The first-order valence-electron chi connectivity index (χ1n) is 5.18. The molecule has 2 aromatic rings. The number of aromatic amines is 1. The van der Waals surface area contributed by atoms with Crippen LogP contribution in [0.2, 0.25) is 0 Å². The summed E-state index contributed by atoms with van der Waals surface area (Å²) in [7, 11) is 0. The van der Waals surface area contributed by atoms with E-state index < -0.39 is 11.7 Å². The lowest BCUT2D eigenvalue weighted by atomic mass is 10.3. The van der Waals surface area contributed by atoms with Gasteiger partial charge in [-0.15, -0.1) is 10.2 Å². The molecule has 1 aromatic carbocycles. The Morgan fingerprint density at radius 2 is 2.39 bits per heavy atom. The Kier molecular flexibility index (Phi) is 3.46. The fourth-order valence-corrected chi connectivity index (χ4v) is 1.30. The van der Waals surface area contributed by atoms with Crippen LogP contribution in [0.15, 0.2) is 18.2 Å². The minimum absolute atomic E-state index is 0.121. The molecule has 1 amide bonds. The van der Waals surface area contributed by atoms with E-state index in [-0.39, 0.29) is 17.3 Å². The van der Waals surface area contributed by atoms with Crippen LogP contribution in [0, 0.1) is 5.82 Å². The predicted octanol–water partition coefficient (Wildman–Crippen LogP) is 0.990. The minimum Gasteiger partial charge on any atom is -0.491 e. The van der Waals surface area contributed by atoms with E-state index in [0.717, 1.165) is 6.07 Å². The maximum Gasteiger partial charge on any atom is 0.297 e. The van der Waals surface area contributed by atoms with E-state index in [1.54, 1.807) is 6.92 Å². The molecular weight excluding hydrogens is 241 g/mol. The SMILES string of the molecule is CCOc1ccc(NC(=O)c2nn[nH]n2)cc1F. The van der Waals surface area contributed by atoms with Gasteiger partial charge in [0, 0.05) is 11.8 Å². The van der Waals surface area contributed by atoms with E-state index in [2.05, 4.69) is 25.9 Å². The van der Waals surface area contributed by atoms with Crippen molar-refractivity contribution in [3.63, 3.8) is 0 Å². The summed E-state index contributed by atoms with van der Waals surface area (Å²) in [6, 6.07) is 4.11. The van der Waals surface area contributed by atoms with Crippen molar-refractivity contribution in [3.8, 4) is 5.75 Å². The van der Waals surface area contributed by atoms with Crippen LogP contribution >= 0.6 is 0 Å². The van der Waals surface area contributed by atoms with Gasteiger partial charge in [-0.2, -0.15) is 5.21 Å². The Morgan fingerprint density at radius 3 is 3.00 bits per heavy atom. The topological polar surface area (TPSA) is 92.8 Å². The summed E-state index contributed by atoms with van der Waals surface area (Å²) in [4.78, 5) is 11.5. The predicted molar refractivity (Wildman–Crippen MR) is 59.7 cm³/mol. The number of carbonyl (C=O) groups is 1. The Hall–Kier alpha value is -2.51. The molecule has 0 unspecified atom stereocenters. The average Bonchev–Trinajstić information content (AvgIpc) is 2.86. The number of halogens is 1. The van der Waals surface area contributed by atoms with E-state index in [9.17, 15) is 9.18 Å². The Bertz CT molecular complexity index is 543. The molecule has 1 heterocycles. The number of benzene rings is 1. The molecule has 8 heteroatoms. The fourth-order valence-electron chi connectivity index (χ4n) is 1.30. The van der Waals surface area contributed by atoms with Gasteiger partial charge in [0.05, 0.1) is 6.61 Å². The van der Waals surface area contributed by atoms with Crippen molar-refractivity contribution >= 4 is 11.6 Å². The fraction of sp³-hybridized carbons (Fsp3) is 0.200. The summed E-state index contributed by atoms with van der Waals surface area (Å²) in [5, 5.41) is 14.8. The average molecular weight is 251 g/mol. The number of nitrogens with one attached hydrogen (secondary N) is 2. The van der Waals surface area contributed by atoms with Crippen LogP contribution in [0.3, 0.4) is 0 Å². The molecule has 0 saturated carbocycles. The largest absolute Gasteiger partial charge is 0.491 e. The monoisotopic (exact) mass is 251 g/mol. The van der Waals surface area contributed by atoms with Crippen LogP contribution in [0.25, 0.3) is 0 Å². The van der Waals surface area contributed by atoms with Gasteiger partial charge in [0.2, 0.25) is 0 Å². The molecule has 0 atom stereocenters. The van der Waals surface area contributed by atoms with Crippen LogP contribution in [0.4, 0.5) is 10.1 Å². The highest BCUT2D eigenvalue weighted by atomic mass is 19.1. The van der Waals surface area contributed by atoms with Gasteiger partial charge in [0.1, 0.15) is 0 Å². The number of tetrazole rings is 1. The number of rotatable bonds is 4. The molecule has 0 spiro atoms. The first kappa shape index (κ1) is 12.0. The summed E-state index contributed by atoms with van der Waals surface area (Å²) >= 11 is 0. The van der Waals surface area contributed by atoms with Crippen molar-refractivity contribution in [2.45, 2.75) is 6.92 Å². The van der Waals surface area contributed by atoms with Crippen molar-refractivity contribution < 1.29 is 13.9 Å². The molecule has 94 valence electrons. The molecule has 0 fully saturated rings. The standard InChI is InChI=1S/C10H10FN5O2/c1-2-18-8-4-3-6(5-7(8)11)12-10(17)9-13-15-16-14-9/h3-5H,2H2,1H3,(H,12,17)(H,13,14,15,16). The zero-order valence-electron chi connectivity index (χ0n) is 9.48. The summed E-state index contributed by atoms with van der Waals surface area (Å²) in [6.07, 6.45) is 0. The molecular formula is C10H10FN5O2. The Balaban J connectivity index is 2.11. The quantitative estimate of drug-likeness (QED) is 0.845. The first-order valence-corrected chi connectivity index (χ1v) is 5.18. The number of carbonyl (C=O) groups excluding carboxylic acids is 1. The minimum atomic E-state index is -0.577. The summed E-state index contributed by atoms with van der Waals surface area (Å²) in [5.41, 5.74) is 0.283. The van der Waals surface area contributed by atoms with E-state index in [0.29, 0.717) is 6.61 Å². The van der Waals surface area contributed by atoms with Gasteiger partial charge >= 0.3 is 0 Å². The number of hydrogen-bond donors (Lipinski definition) is 2. The number of ether oxygens (including phenoxy) is 1. The van der Waals surface area contributed by atoms with Crippen molar-refractivity contribution in [1.82, 2.24) is 20.6 Å². The number of anilines is 1. The van der Waals surface area contributed by atoms with Crippen molar-refractivity contribution in [2.24, 2.45) is 0 Å². The third kappa shape index (κ3) is 2.59. The van der Waals surface area contributed by atoms with Crippen LogP contribution in [0.5, 0.6) is 5.75 Å². The molecule has 2 N–H and O–H groups in total. The molecule has 0 aliphatic rings. The second-order valence-corrected chi connectivity index (χ2v) is 3.27. The summed E-state index contributed by atoms with van der Waals surface area (Å²) < 4.78 is 18.5. The van der Waals surface area contributed by atoms with Crippen molar-refractivity contribution in [1.29, 1.82) is 0 Å². The molecule has 0 radical (unpaired) electrons. The van der Waals surface area contributed by atoms with Gasteiger partial charge in [-0.05, 0) is 24.3 Å². The lowest BCUT2D eigenvalue weighted by molar-refractivity contribution is 0.101. The second kappa shape index (κ2) is 5.21. The zero-order valence-corrected chi connectivity index (χ0v) is 9.48. The van der Waals surface area contributed by atoms with Gasteiger partial charge in [-0.25, -0.2) is 4.39 Å². The number of amides is 1. The first-order chi connectivity index (χ1) is 8.70. The molecule has 1 aromatic heterocycles. The lowest BCUT2D eigenvalue weighted by Crippen LogP contribution is -2.14. The Morgan fingerprint density at radius 1 is 1.56 bits per heavy atom. The number of nitrogens with zero attached hydrogens (tertiary/aromatic N) is 3. The van der Waals surface area contributed by atoms with Crippen LogP contribution < -0.4 is 10.1 Å². The number of aromatic nitrogens is 4. The van der Waals surface area contributed by atoms with Gasteiger partial charge in [-0.3, -0.25) is 4.79 Å². The maximum atomic E-state index is 13.5. The van der Waals surface area contributed by atoms with E-state index in [1.807, 2.05) is 0 Å². The van der Waals surface area contributed by atoms with Crippen LogP contribution in [0.1, 0.15) is 17.5 Å². The van der Waals surface area contributed by atoms with Crippen LogP contribution in [-0.2, 0) is 0 Å². The maximum absolute atomic E-state index is 13.5. The van der Waals surface area contributed by atoms with Gasteiger partial charge < -0.3 is 10.1 Å². The van der Waals surface area contributed by atoms with E-state index in [1.165, 1.54) is 12.1 Å². The molecule has 0 aliphatic carbocycles. The second-order valence-electron chi connectivity index (χ2n) is 3.27. The zero-order chi connectivity index (χ0) is 13.0. The summed E-state index contributed by atoms with van der Waals surface area (Å²) in [5.74, 6) is -1.12. The third-order valence-electron chi connectivity index (χ3n) is 2.04. The van der Waals surface area contributed by atoms with Crippen molar-refractivity contribution in [3.05, 3.63) is 29.8 Å². The molecule has 7 nitrogen and oxygen atoms in total. The highest BCUT2D eigenvalue weighted by Gasteiger charge is 2.12. The molecule has 2 rings (SSSR count). The van der Waals surface area contributed by atoms with E-state index in [4.69, 9.17) is 4.74 Å². The molecule has 0 saturated heterocycles. The highest BCUT2D eigenvalue weighted by molar-refractivity contribution is 6.01. The highest BCUT2D eigenvalue weighted by Crippen LogP contribution is 2.21. The molecule has 0 aliphatic heterocycles. The number of hydrogen-bond acceptors (Lipinski definition) is 5. The van der Waals surface area contributed by atoms with Crippen LogP contribution in [-0.4, -0.2) is 33.1 Å². The van der Waals surface area contributed by atoms with E-state index >= 15 is 0 Å². The van der Waals surface area contributed by atoms with Crippen molar-refractivity contribution in [2.75, 3.05) is 11.9 Å². The molecule has 18 heavy (non-hydrogen) atoms.